The third kappa shape index (κ3) is 2.79. The van der Waals surface area contributed by atoms with Crippen LogP contribution in [-0.2, 0) is 4.79 Å². The molecule has 1 saturated heterocycles. The summed E-state index contributed by atoms with van der Waals surface area (Å²) in [6.45, 7) is 6.07. The number of hydrogen-bond donors (Lipinski definition) is 1. The van der Waals surface area contributed by atoms with Crippen LogP contribution in [0.5, 0.6) is 0 Å². The number of carbonyl (C=O) groups is 2. The molecule has 0 bridgehead atoms. The lowest BCUT2D eigenvalue weighted by molar-refractivity contribution is -0.147. The van der Waals surface area contributed by atoms with E-state index in [-0.39, 0.29) is 11.9 Å². The van der Waals surface area contributed by atoms with E-state index in [0.717, 1.165) is 4.88 Å². The first-order chi connectivity index (χ1) is 13.3. The number of fused-ring (bicyclic) bond motifs is 1. The molecule has 1 N–H and O–H groups in total. The molecule has 8 heteroatoms. The third-order valence-corrected chi connectivity index (χ3v) is 6.30. The largest absolute Gasteiger partial charge is 0.480 e. The van der Waals surface area contributed by atoms with E-state index in [1.165, 1.54) is 4.90 Å². The van der Waals surface area contributed by atoms with Crippen molar-refractivity contribution in [3.05, 3.63) is 35.3 Å². The first-order valence-electron chi connectivity index (χ1n) is 9.30. The molecule has 1 amide bonds. The molecule has 1 fully saturated rings. The van der Waals surface area contributed by atoms with E-state index in [1.807, 2.05) is 31.4 Å². The number of rotatable bonds is 4. The lowest BCUT2D eigenvalue weighted by Gasteiger charge is -2.31. The number of carboxylic acid groups (broad SMARTS) is 1. The number of aliphatic carboxylic acids is 1. The van der Waals surface area contributed by atoms with Crippen molar-refractivity contribution >= 4 is 34.2 Å². The van der Waals surface area contributed by atoms with Gasteiger partial charge in [-0.05, 0) is 51.1 Å². The number of pyridine rings is 1. The number of likely N-dealkylation sites (tertiary alicyclic amines) is 1. The smallest absolute Gasteiger partial charge is 0.329 e. The van der Waals surface area contributed by atoms with Crippen molar-refractivity contribution in [3.8, 4) is 10.6 Å². The van der Waals surface area contributed by atoms with Crippen molar-refractivity contribution in [3.63, 3.8) is 0 Å². The summed E-state index contributed by atoms with van der Waals surface area (Å²) in [5.74, 6) is -1.25. The van der Waals surface area contributed by atoms with E-state index in [2.05, 4.69) is 5.10 Å². The minimum Gasteiger partial charge on any atom is -0.480 e. The zero-order valence-electron chi connectivity index (χ0n) is 16.0. The molecule has 3 aromatic rings. The molecule has 1 unspecified atom stereocenters. The summed E-state index contributed by atoms with van der Waals surface area (Å²) >= 11 is 1.55. The van der Waals surface area contributed by atoms with Crippen LogP contribution in [0.1, 0.15) is 50.0 Å². The van der Waals surface area contributed by atoms with Crippen molar-refractivity contribution < 1.29 is 14.7 Å². The quantitative estimate of drug-likeness (QED) is 0.722. The summed E-state index contributed by atoms with van der Waals surface area (Å²) in [6, 6.07) is 5.75. The number of carbonyl (C=O) groups excluding carboxylic acids is 1. The van der Waals surface area contributed by atoms with Gasteiger partial charge in [-0.3, -0.25) is 4.79 Å². The molecule has 28 heavy (non-hydrogen) atoms. The number of amides is 1. The maximum atomic E-state index is 13.5. The maximum Gasteiger partial charge on any atom is 0.329 e. The second-order valence-corrected chi connectivity index (χ2v) is 8.54. The summed E-state index contributed by atoms with van der Waals surface area (Å²) in [4.78, 5) is 32.5. The van der Waals surface area contributed by atoms with Crippen LogP contribution in [0.25, 0.3) is 21.6 Å². The molecule has 0 saturated carbocycles. The first-order valence-corrected chi connectivity index (χ1v) is 10.2. The summed E-state index contributed by atoms with van der Waals surface area (Å²) in [5, 5.41) is 16.8. The Labute approximate surface area is 166 Å². The van der Waals surface area contributed by atoms with Crippen LogP contribution in [0.2, 0.25) is 0 Å². The van der Waals surface area contributed by atoms with E-state index in [4.69, 9.17) is 4.98 Å². The maximum absolute atomic E-state index is 13.5. The molecule has 7 nitrogen and oxygen atoms in total. The van der Waals surface area contributed by atoms with Crippen molar-refractivity contribution in [1.29, 1.82) is 0 Å². The van der Waals surface area contributed by atoms with Gasteiger partial charge in [0, 0.05) is 12.6 Å². The van der Waals surface area contributed by atoms with Gasteiger partial charge < -0.3 is 10.0 Å². The van der Waals surface area contributed by atoms with Gasteiger partial charge >= 0.3 is 5.97 Å². The minimum atomic E-state index is -1.19. The molecular weight excluding hydrogens is 376 g/mol. The predicted molar refractivity (Wildman–Crippen MR) is 108 cm³/mol. The fourth-order valence-electron chi connectivity index (χ4n) is 3.78. The van der Waals surface area contributed by atoms with E-state index in [1.54, 1.807) is 35.2 Å². The molecule has 0 spiro atoms. The Morgan fingerprint density at radius 1 is 1.36 bits per heavy atom. The van der Waals surface area contributed by atoms with E-state index in [9.17, 15) is 14.7 Å². The van der Waals surface area contributed by atoms with E-state index >= 15 is 0 Å². The fraction of sp³-hybridized carbons (Fsp3) is 0.400. The molecule has 4 rings (SSSR count). The summed E-state index contributed by atoms with van der Waals surface area (Å²) in [5.41, 5.74) is 0.601. The molecule has 1 atom stereocenters. The number of aromatic nitrogens is 3. The first kappa shape index (κ1) is 18.6. The van der Waals surface area contributed by atoms with Crippen molar-refractivity contribution in [2.24, 2.45) is 0 Å². The summed E-state index contributed by atoms with van der Waals surface area (Å²) in [6.07, 6.45) is 2.78. The van der Waals surface area contributed by atoms with Gasteiger partial charge in [0.2, 0.25) is 0 Å². The Balaban J connectivity index is 1.90. The van der Waals surface area contributed by atoms with Gasteiger partial charge in [-0.15, -0.1) is 11.3 Å². The highest BCUT2D eigenvalue weighted by Crippen LogP contribution is 2.34. The van der Waals surface area contributed by atoms with Crippen LogP contribution in [0.4, 0.5) is 0 Å². The fourth-order valence-corrected chi connectivity index (χ4v) is 4.47. The highest BCUT2D eigenvalue weighted by molar-refractivity contribution is 7.13. The molecule has 0 radical (unpaired) electrons. The molecule has 1 aliphatic rings. The zero-order chi connectivity index (χ0) is 20.1. The summed E-state index contributed by atoms with van der Waals surface area (Å²) < 4.78 is 1.80. The van der Waals surface area contributed by atoms with Gasteiger partial charge in [0.15, 0.2) is 5.65 Å². The Bertz CT molecular complexity index is 1060. The normalized spacial score (nSPS) is 19.6. The second kappa shape index (κ2) is 6.70. The lowest BCUT2D eigenvalue weighted by Crippen LogP contribution is -2.50. The Morgan fingerprint density at radius 2 is 2.14 bits per heavy atom. The lowest BCUT2D eigenvalue weighted by atomic mass is 9.98. The Morgan fingerprint density at radius 3 is 2.79 bits per heavy atom. The van der Waals surface area contributed by atoms with Crippen molar-refractivity contribution in [2.45, 2.75) is 45.2 Å². The summed E-state index contributed by atoms with van der Waals surface area (Å²) in [7, 11) is 0. The molecule has 0 aliphatic carbocycles. The molecule has 4 heterocycles. The van der Waals surface area contributed by atoms with Gasteiger partial charge in [0.1, 0.15) is 5.54 Å². The van der Waals surface area contributed by atoms with Crippen LogP contribution >= 0.6 is 11.3 Å². The van der Waals surface area contributed by atoms with Gasteiger partial charge in [-0.1, -0.05) is 6.07 Å². The monoisotopic (exact) mass is 398 g/mol. The van der Waals surface area contributed by atoms with Gasteiger partial charge in [0.25, 0.3) is 5.91 Å². The van der Waals surface area contributed by atoms with Crippen molar-refractivity contribution in [1.82, 2.24) is 19.7 Å². The van der Waals surface area contributed by atoms with E-state index < -0.39 is 11.5 Å². The number of carboxylic acids is 1. The standard InChI is InChI=1S/C20H22N4O3S/c1-12(2)24-17-14(11-21-24)13(10-15(22-17)16-6-4-9-28-16)18(25)23-8-5-7-20(23,3)19(26)27/h4,6,9-12H,5,7-8H2,1-3H3,(H,26,27). The molecular formula is C20H22N4O3S. The number of hydrogen-bond acceptors (Lipinski definition) is 5. The second-order valence-electron chi connectivity index (χ2n) is 7.59. The van der Waals surface area contributed by atoms with Crippen LogP contribution in [0, 0.1) is 0 Å². The molecule has 1 aliphatic heterocycles. The van der Waals surface area contributed by atoms with Crippen LogP contribution in [0.15, 0.2) is 29.8 Å². The topological polar surface area (TPSA) is 88.3 Å². The SMILES string of the molecule is CC(C)n1ncc2c(C(=O)N3CCCC3(C)C(=O)O)cc(-c3cccs3)nc21. The van der Waals surface area contributed by atoms with Crippen LogP contribution in [0.3, 0.4) is 0 Å². The minimum absolute atomic E-state index is 0.0857. The number of nitrogens with zero attached hydrogens (tertiary/aromatic N) is 4. The van der Waals surface area contributed by atoms with Gasteiger partial charge in [-0.25, -0.2) is 14.5 Å². The highest BCUT2D eigenvalue weighted by atomic mass is 32.1. The van der Waals surface area contributed by atoms with Gasteiger partial charge in [0.05, 0.1) is 27.7 Å². The average molecular weight is 398 g/mol. The Kier molecular flexibility index (Phi) is 4.45. The third-order valence-electron chi connectivity index (χ3n) is 5.41. The Hall–Kier alpha value is -2.74. The van der Waals surface area contributed by atoms with Crippen molar-refractivity contribution in [2.75, 3.05) is 6.54 Å². The average Bonchev–Trinajstić information content (AvgIpc) is 3.39. The molecule has 3 aromatic heterocycles. The molecule has 146 valence electrons. The number of thiophene rings is 1. The van der Waals surface area contributed by atoms with Crippen LogP contribution < -0.4 is 0 Å². The van der Waals surface area contributed by atoms with Gasteiger partial charge in [-0.2, -0.15) is 5.10 Å². The highest BCUT2D eigenvalue weighted by Gasteiger charge is 2.46. The molecule has 0 aromatic carbocycles. The van der Waals surface area contributed by atoms with Crippen LogP contribution in [-0.4, -0.2) is 48.7 Å². The van der Waals surface area contributed by atoms with E-state index in [0.29, 0.717) is 41.7 Å². The predicted octanol–water partition coefficient (Wildman–Crippen LogP) is 3.82. The zero-order valence-corrected chi connectivity index (χ0v) is 16.9.